The van der Waals surface area contributed by atoms with E-state index in [9.17, 15) is 9.90 Å². The highest BCUT2D eigenvalue weighted by Gasteiger charge is 2.29. The topological polar surface area (TPSA) is 59.0 Å². The second-order valence-corrected chi connectivity index (χ2v) is 4.16. The summed E-state index contributed by atoms with van der Waals surface area (Å²) >= 11 is 0. The molecule has 1 aromatic carbocycles. The summed E-state index contributed by atoms with van der Waals surface area (Å²) in [5.74, 6) is 1.07. The van der Waals surface area contributed by atoms with E-state index in [0.29, 0.717) is 36.8 Å². The van der Waals surface area contributed by atoms with Crippen molar-refractivity contribution in [2.24, 2.45) is 0 Å². The Morgan fingerprint density at radius 2 is 2.17 bits per heavy atom. The molecule has 0 radical (unpaired) electrons. The first kappa shape index (κ1) is 12.7. The summed E-state index contributed by atoms with van der Waals surface area (Å²) in [5.41, 5.74) is 0.544. The Kier molecular flexibility index (Phi) is 3.72. The quantitative estimate of drug-likeness (QED) is 0.864. The Morgan fingerprint density at radius 1 is 1.44 bits per heavy atom. The summed E-state index contributed by atoms with van der Waals surface area (Å²) in [6, 6.07) is 5.10. The Bertz CT molecular complexity index is 441. The number of likely N-dealkylation sites (tertiary alicyclic amines) is 1. The largest absolute Gasteiger partial charge is 0.493 e. The molecule has 0 unspecified atom stereocenters. The fraction of sp³-hybridized carbons (Fsp3) is 0.462. The average molecular weight is 251 g/mol. The number of nitrogens with zero attached hydrogens (tertiary/aromatic N) is 1. The lowest BCUT2D eigenvalue weighted by Crippen LogP contribution is -2.53. The maximum Gasteiger partial charge on any atom is 0.254 e. The van der Waals surface area contributed by atoms with Gasteiger partial charge in [-0.1, -0.05) is 0 Å². The van der Waals surface area contributed by atoms with Crippen LogP contribution in [0.3, 0.4) is 0 Å². The third kappa shape index (κ3) is 2.41. The molecule has 1 amide bonds. The Hall–Kier alpha value is -1.75. The summed E-state index contributed by atoms with van der Waals surface area (Å²) in [7, 11) is 1.54. The van der Waals surface area contributed by atoms with E-state index < -0.39 is 6.10 Å². The zero-order valence-electron chi connectivity index (χ0n) is 10.5. The molecule has 0 bridgehead atoms. The molecule has 18 heavy (non-hydrogen) atoms. The van der Waals surface area contributed by atoms with Gasteiger partial charge in [0, 0.05) is 18.7 Å². The molecule has 0 aromatic heterocycles. The van der Waals surface area contributed by atoms with Crippen LogP contribution in [0.25, 0.3) is 0 Å². The number of amides is 1. The van der Waals surface area contributed by atoms with Crippen molar-refractivity contribution in [1.29, 1.82) is 0 Å². The van der Waals surface area contributed by atoms with Gasteiger partial charge in [-0.15, -0.1) is 0 Å². The molecule has 1 fully saturated rings. The number of benzene rings is 1. The SMILES string of the molecule is CCOc1ccc(C(=O)N2CC(O)C2)cc1OC. The van der Waals surface area contributed by atoms with Crippen molar-refractivity contribution in [3.8, 4) is 11.5 Å². The van der Waals surface area contributed by atoms with E-state index in [2.05, 4.69) is 0 Å². The number of aliphatic hydroxyl groups is 1. The second-order valence-electron chi connectivity index (χ2n) is 4.16. The lowest BCUT2D eigenvalue weighted by Gasteiger charge is -2.35. The molecule has 1 saturated heterocycles. The van der Waals surface area contributed by atoms with Crippen LogP contribution in [0.2, 0.25) is 0 Å². The number of β-amino-alcohol motifs (C(OH)–C–C–N with tert-alkyl or cyclic N) is 1. The first-order valence-corrected chi connectivity index (χ1v) is 5.94. The van der Waals surface area contributed by atoms with Gasteiger partial charge >= 0.3 is 0 Å². The highest BCUT2D eigenvalue weighted by atomic mass is 16.5. The average Bonchev–Trinajstić information content (AvgIpc) is 2.35. The van der Waals surface area contributed by atoms with Crippen LogP contribution in [-0.4, -0.2) is 48.8 Å². The van der Waals surface area contributed by atoms with Gasteiger partial charge in [0.1, 0.15) is 0 Å². The second kappa shape index (κ2) is 5.27. The van der Waals surface area contributed by atoms with Crippen LogP contribution in [0.4, 0.5) is 0 Å². The highest BCUT2D eigenvalue weighted by Crippen LogP contribution is 2.29. The van der Waals surface area contributed by atoms with Crippen molar-refractivity contribution in [3.05, 3.63) is 23.8 Å². The van der Waals surface area contributed by atoms with Gasteiger partial charge in [0.25, 0.3) is 5.91 Å². The molecule has 0 spiro atoms. The van der Waals surface area contributed by atoms with Crippen LogP contribution < -0.4 is 9.47 Å². The number of hydrogen-bond donors (Lipinski definition) is 1. The Balaban J connectivity index is 2.16. The number of hydrogen-bond acceptors (Lipinski definition) is 4. The van der Waals surface area contributed by atoms with Crippen LogP contribution in [-0.2, 0) is 0 Å². The molecule has 5 heteroatoms. The molecular weight excluding hydrogens is 234 g/mol. The van der Waals surface area contributed by atoms with Crippen molar-refractivity contribution in [3.63, 3.8) is 0 Å². The monoisotopic (exact) mass is 251 g/mol. The van der Waals surface area contributed by atoms with Gasteiger partial charge in [0.2, 0.25) is 0 Å². The van der Waals surface area contributed by atoms with Crippen molar-refractivity contribution in [1.82, 2.24) is 4.90 Å². The molecule has 0 aliphatic carbocycles. The van der Waals surface area contributed by atoms with E-state index in [-0.39, 0.29) is 5.91 Å². The molecule has 5 nitrogen and oxygen atoms in total. The Labute approximate surface area is 106 Å². The predicted octanol–water partition coefficient (Wildman–Crippen LogP) is 0.911. The molecule has 1 heterocycles. The first-order valence-electron chi connectivity index (χ1n) is 5.94. The maximum atomic E-state index is 12.0. The van der Waals surface area contributed by atoms with Gasteiger partial charge in [-0.25, -0.2) is 0 Å². The highest BCUT2D eigenvalue weighted by molar-refractivity contribution is 5.95. The van der Waals surface area contributed by atoms with Crippen molar-refractivity contribution < 1.29 is 19.4 Å². The molecule has 0 saturated carbocycles. The lowest BCUT2D eigenvalue weighted by molar-refractivity contribution is 0.00587. The zero-order chi connectivity index (χ0) is 13.1. The van der Waals surface area contributed by atoms with Crippen LogP contribution in [0.5, 0.6) is 11.5 Å². The number of methoxy groups -OCH3 is 1. The van der Waals surface area contributed by atoms with Gasteiger partial charge in [0.05, 0.1) is 19.8 Å². The third-order valence-corrected chi connectivity index (χ3v) is 2.86. The van der Waals surface area contributed by atoms with E-state index >= 15 is 0 Å². The van der Waals surface area contributed by atoms with Gasteiger partial charge < -0.3 is 19.5 Å². The van der Waals surface area contributed by atoms with Crippen molar-refractivity contribution in [2.75, 3.05) is 26.8 Å². The van der Waals surface area contributed by atoms with Crippen molar-refractivity contribution in [2.45, 2.75) is 13.0 Å². The minimum atomic E-state index is -0.390. The third-order valence-electron chi connectivity index (χ3n) is 2.86. The summed E-state index contributed by atoms with van der Waals surface area (Å²) in [4.78, 5) is 13.6. The van der Waals surface area contributed by atoms with Crippen LogP contribution in [0.15, 0.2) is 18.2 Å². The molecular formula is C13H17NO4. The Morgan fingerprint density at radius 3 is 2.72 bits per heavy atom. The van der Waals surface area contributed by atoms with E-state index in [0.717, 1.165) is 0 Å². The standard InChI is InChI=1S/C13H17NO4/c1-3-18-11-5-4-9(6-12(11)17-2)13(16)14-7-10(15)8-14/h4-6,10,15H,3,7-8H2,1-2H3. The maximum absolute atomic E-state index is 12.0. The van der Waals surface area contributed by atoms with E-state index in [1.807, 2.05) is 6.92 Å². The van der Waals surface area contributed by atoms with Crippen LogP contribution in [0.1, 0.15) is 17.3 Å². The van der Waals surface area contributed by atoms with Crippen LogP contribution in [0, 0.1) is 0 Å². The number of aliphatic hydroxyl groups excluding tert-OH is 1. The number of carbonyl (C=O) groups is 1. The fourth-order valence-electron chi connectivity index (χ4n) is 1.88. The van der Waals surface area contributed by atoms with Crippen LogP contribution >= 0.6 is 0 Å². The minimum absolute atomic E-state index is 0.0957. The van der Waals surface area contributed by atoms with Gasteiger partial charge in [0.15, 0.2) is 11.5 Å². The normalized spacial score (nSPS) is 15.2. The lowest BCUT2D eigenvalue weighted by atomic mass is 10.1. The summed E-state index contributed by atoms with van der Waals surface area (Å²) in [5, 5.41) is 9.19. The number of carbonyl (C=O) groups excluding carboxylic acids is 1. The summed E-state index contributed by atoms with van der Waals surface area (Å²) in [6.07, 6.45) is -0.390. The zero-order valence-corrected chi connectivity index (χ0v) is 10.5. The number of rotatable bonds is 4. The summed E-state index contributed by atoms with van der Waals surface area (Å²) < 4.78 is 10.6. The molecule has 1 aliphatic rings. The molecule has 1 aromatic rings. The minimum Gasteiger partial charge on any atom is -0.493 e. The number of ether oxygens (including phenoxy) is 2. The van der Waals surface area contributed by atoms with Gasteiger partial charge in [-0.2, -0.15) is 0 Å². The van der Waals surface area contributed by atoms with Crippen molar-refractivity contribution >= 4 is 5.91 Å². The smallest absolute Gasteiger partial charge is 0.254 e. The van der Waals surface area contributed by atoms with E-state index in [4.69, 9.17) is 9.47 Å². The summed E-state index contributed by atoms with van der Waals surface area (Å²) in [6.45, 7) is 3.23. The molecule has 1 aliphatic heterocycles. The fourth-order valence-corrected chi connectivity index (χ4v) is 1.88. The molecule has 2 rings (SSSR count). The molecule has 0 atom stereocenters. The van der Waals surface area contributed by atoms with Gasteiger partial charge in [-0.05, 0) is 25.1 Å². The predicted molar refractivity (Wildman–Crippen MR) is 66.1 cm³/mol. The molecule has 98 valence electrons. The first-order chi connectivity index (χ1) is 8.65. The molecule has 1 N–H and O–H groups in total. The van der Waals surface area contributed by atoms with Gasteiger partial charge in [-0.3, -0.25) is 4.79 Å². The van der Waals surface area contributed by atoms with E-state index in [1.54, 1.807) is 30.2 Å². The van der Waals surface area contributed by atoms with E-state index in [1.165, 1.54) is 0 Å².